The monoisotopic (exact) mass is 497 g/mol. The molecule has 1 heterocycles. The van der Waals surface area contributed by atoms with Gasteiger partial charge in [0, 0.05) is 15.6 Å². The summed E-state index contributed by atoms with van der Waals surface area (Å²) in [7, 11) is -2.57. The average Bonchev–Trinajstić information content (AvgIpc) is 3.26. The number of methoxy groups -OCH3 is 1. The fraction of sp³-hybridized carbons (Fsp3) is 0.0435. The van der Waals surface area contributed by atoms with Gasteiger partial charge >= 0.3 is 0 Å². The number of aromatic nitrogens is 1. The Balaban J connectivity index is 1.93. The van der Waals surface area contributed by atoms with Crippen molar-refractivity contribution in [3.8, 4) is 17.1 Å². The van der Waals surface area contributed by atoms with E-state index in [1.54, 1.807) is 66.7 Å². The smallest absolute Gasteiger partial charge is 0.216 e. The number of carbonyl (C=O) groups excluding carboxylic acids is 1. The number of nitrogens with zero attached hydrogens (tertiary/aromatic N) is 1. The quantitative estimate of drug-likeness (QED) is 0.341. The van der Waals surface area contributed by atoms with Gasteiger partial charge in [0.2, 0.25) is 15.6 Å². The average molecular weight is 498 g/mol. The Hall–Kier alpha value is -3.23. The van der Waals surface area contributed by atoms with Gasteiger partial charge in [-0.2, -0.15) is 0 Å². The third kappa shape index (κ3) is 4.04. The second-order valence-corrected chi connectivity index (χ2v) is 9.37. The van der Waals surface area contributed by atoms with E-state index in [-0.39, 0.29) is 21.2 Å². The third-order valence-corrected chi connectivity index (χ3v) is 6.98. The lowest BCUT2D eigenvalue weighted by atomic mass is 10.1. The maximum absolute atomic E-state index is 13.5. The van der Waals surface area contributed by atoms with E-state index >= 15 is 0 Å². The largest absolute Gasteiger partial charge is 0.497 e. The zero-order valence-corrected chi connectivity index (χ0v) is 18.7. The summed E-state index contributed by atoms with van der Waals surface area (Å²) in [6, 6.07) is 21.1. The van der Waals surface area contributed by atoms with E-state index in [1.807, 2.05) is 0 Å². The molecule has 0 atom stereocenters. The van der Waals surface area contributed by atoms with Crippen LogP contribution in [0.5, 0.6) is 5.75 Å². The molecule has 1 aromatic heterocycles. The summed E-state index contributed by atoms with van der Waals surface area (Å²) in [5.74, 6) is 0.0411. The summed E-state index contributed by atoms with van der Waals surface area (Å²) in [4.78, 5) is 13.0. The molecule has 0 saturated heterocycles. The number of halogens is 1. The Morgan fingerprint density at radius 2 is 1.58 bits per heavy atom. The SMILES string of the molecule is COc1ccc(-c2onc(C(=O)c3ccc(Br)cc3)c2S(=O)(=O)c2ccccc2)cc1. The topological polar surface area (TPSA) is 86.5 Å². The highest BCUT2D eigenvalue weighted by Gasteiger charge is 2.34. The Morgan fingerprint density at radius 3 is 2.19 bits per heavy atom. The van der Waals surface area contributed by atoms with Crippen molar-refractivity contribution in [1.29, 1.82) is 0 Å². The van der Waals surface area contributed by atoms with Crippen molar-refractivity contribution in [2.75, 3.05) is 7.11 Å². The van der Waals surface area contributed by atoms with Gasteiger partial charge in [-0.05, 0) is 60.7 Å². The van der Waals surface area contributed by atoms with Crippen LogP contribution in [0.25, 0.3) is 11.3 Å². The molecule has 0 aliphatic carbocycles. The maximum Gasteiger partial charge on any atom is 0.216 e. The number of ether oxygens (including phenoxy) is 1. The molecule has 0 fully saturated rings. The number of hydrogen-bond acceptors (Lipinski definition) is 6. The summed E-state index contributed by atoms with van der Waals surface area (Å²) in [6.07, 6.45) is 0. The van der Waals surface area contributed by atoms with Crippen molar-refractivity contribution in [3.63, 3.8) is 0 Å². The molecule has 8 heteroatoms. The number of ketones is 1. The standard InChI is InChI=1S/C23H16BrNO5S/c1-29-18-13-9-16(10-14-18)22-23(31(27,28)19-5-3-2-4-6-19)20(25-30-22)21(26)15-7-11-17(24)12-8-15/h2-14H,1H3. The number of rotatable bonds is 6. The lowest BCUT2D eigenvalue weighted by molar-refractivity contribution is 0.102. The molecule has 156 valence electrons. The number of benzene rings is 3. The molecular formula is C23H16BrNO5S. The first kappa shape index (κ1) is 21.0. The molecule has 0 spiro atoms. The van der Waals surface area contributed by atoms with Crippen molar-refractivity contribution in [2.24, 2.45) is 0 Å². The van der Waals surface area contributed by atoms with Gasteiger partial charge in [0.05, 0.1) is 12.0 Å². The van der Waals surface area contributed by atoms with Crippen LogP contribution in [0.15, 0.2) is 97.6 Å². The minimum atomic E-state index is -4.10. The summed E-state index contributed by atoms with van der Waals surface area (Å²) >= 11 is 3.32. The van der Waals surface area contributed by atoms with Crippen LogP contribution >= 0.6 is 15.9 Å². The molecule has 3 aromatic carbocycles. The van der Waals surface area contributed by atoms with Crippen molar-refractivity contribution in [1.82, 2.24) is 5.16 Å². The maximum atomic E-state index is 13.5. The van der Waals surface area contributed by atoms with Crippen LogP contribution in [0, 0.1) is 0 Å². The number of carbonyl (C=O) groups is 1. The lowest BCUT2D eigenvalue weighted by Gasteiger charge is -2.07. The highest BCUT2D eigenvalue weighted by molar-refractivity contribution is 9.10. The van der Waals surface area contributed by atoms with E-state index < -0.39 is 15.6 Å². The van der Waals surface area contributed by atoms with Crippen LogP contribution in [0.4, 0.5) is 0 Å². The minimum Gasteiger partial charge on any atom is -0.497 e. The predicted molar refractivity (Wildman–Crippen MR) is 118 cm³/mol. The Bertz CT molecular complexity index is 1330. The number of sulfone groups is 1. The zero-order valence-electron chi connectivity index (χ0n) is 16.3. The van der Waals surface area contributed by atoms with Crippen molar-refractivity contribution in [3.05, 3.63) is 94.6 Å². The first-order chi connectivity index (χ1) is 14.9. The van der Waals surface area contributed by atoms with Crippen LogP contribution in [-0.2, 0) is 9.84 Å². The Morgan fingerprint density at radius 1 is 0.935 bits per heavy atom. The summed E-state index contributed by atoms with van der Waals surface area (Å²) < 4.78 is 38.5. The van der Waals surface area contributed by atoms with E-state index in [0.717, 1.165) is 4.47 Å². The van der Waals surface area contributed by atoms with Crippen LogP contribution in [0.3, 0.4) is 0 Å². The van der Waals surface area contributed by atoms with Crippen molar-refractivity contribution < 1.29 is 22.5 Å². The van der Waals surface area contributed by atoms with E-state index in [0.29, 0.717) is 16.9 Å². The minimum absolute atomic E-state index is 0.00744. The van der Waals surface area contributed by atoms with Gasteiger partial charge in [0.25, 0.3) is 0 Å². The first-order valence-corrected chi connectivity index (χ1v) is 11.4. The fourth-order valence-corrected chi connectivity index (χ4v) is 4.86. The van der Waals surface area contributed by atoms with Gasteiger partial charge in [-0.3, -0.25) is 4.79 Å². The highest BCUT2D eigenvalue weighted by atomic mass is 79.9. The van der Waals surface area contributed by atoms with Gasteiger partial charge in [0.1, 0.15) is 5.75 Å². The molecule has 0 saturated carbocycles. The fourth-order valence-electron chi connectivity index (χ4n) is 3.06. The lowest BCUT2D eigenvalue weighted by Crippen LogP contribution is -2.11. The van der Waals surface area contributed by atoms with Gasteiger partial charge in [-0.1, -0.05) is 39.3 Å². The van der Waals surface area contributed by atoms with Crippen LogP contribution in [-0.4, -0.2) is 26.5 Å². The Kier molecular flexibility index (Phi) is 5.75. The van der Waals surface area contributed by atoms with Gasteiger partial charge in [0.15, 0.2) is 16.3 Å². The normalized spacial score (nSPS) is 11.3. The molecule has 4 rings (SSSR count). The van der Waals surface area contributed by atoms with Gasteiger partial charge in [-0.25, -0.2) is 8.42 Å². The molecule has 4 aromatic rings. The highest BCUT2D eigenvalue weighted by Crippen LogP contribution is 2.36. The molecule has 31 heavy (non-hydrogen) atoms. The third-order valence-electron chi connectivity index (χ3n) is 4.65. The van der Waals surface area contributed by atoms with E-state index in [1.165, 1.54) is 19.2 Å². The van der Waals surface area contributed by atoms with Crippen molar-refractivity contribution in [2.45, 2.75) is 9.79 Å². The van der Waals surface area contributed by atoms with E-state index in [2.05, 4.69) is 21.1 Å². The molecule has 6 nitrogen and oxygen atoms in total. The second-order valence-electron chi connectivity index (χ2n) is 6.57. The van der Waals surface area contributed by atoms with E-state index in [4.69, 9.17) is 9.26 Å². The number of hydrogen-bond donors (Lipinski definition) is 0. The van der Waals surface area contributed by atoms with Gasteiger partial charge < -0.3 is 9.26 Å². The molecule has 0 N–H and O–H groups in total. The molecule has 0 amide bonds. The first-order valence-electron chi connectivity index (χ1n) is 9.16. The second kappa shape index (κ2) is 8.49. The summed E-state index contributed by atoms with van der Waals surface area (Å²) in [5.41, 5.74) is 0.483. The molecule has 0 aliphatic rings. The van der Waals surface area contributed by atoms with Crippen LogP contribution in [0.2, 0.25) is 0 Å². The van der Waals surface area contributed by atoms with Gasteiger partial charge in [-0.15, -0.1) is 0 Å². The Labute approximate surface area is 187 Å². The van der Waals surface area contributed by atoms with Crippen LogP contribution in [0.1, 0.15) is 16.1 Å². The summed E-state index contributed by atoms with van der Waals surface area (Å²) in [6.45, 7) is 0. The van der Waals surface area contributed by atoms with E-state index in [9.17, 15) is 13.2 Å². The molecule has 0 bridgehead atoms. The molecule has 0 radical (unpaired) electrons. The van der Waals surface area contributed by atoms with Crippen LogP contribution < -0.4 is 4.74 Å². The zero-order chi connectivity index (χ0) is 22.0. The molecule has 0 aliphatic heterocycles. The molecular weight excluding hydrogens is 482 g/mol. The summed E-state index contributed by atoms with van der Waals surface area (Å²) in [5, 5.41) is 3.88. The molecule has 0 unspecified atom stereocenters. The predicted octanol–water partition coefficient (Wildman–Crippen LogP) is 5.18. The van der Waals surface area contributed by atoms with Crippen molar-refractivity contribution >= 4 is 31.6 Å².